The predicted molar refractivity (Wildman–Crippen MR) is 78.2 cm³/mol. The van der Waals surface area contributed by atoms with E-state index in [0.717, 1.165) is 21.3 Å². The average molecular weight is 399 g/mol. The molecule has 0 saturated carbocycles. The SMILES string of the molecule is Fc1cc(Cl)c(C(Cl)c2ccc(I)cc2)cc1F. The fraction of sp³-hybridized carbons (Fsp3) is 0.0769. The smallest absolute Gasteiger partial charge is 0.160 e. The summed E-state index contributed by atoms with van der Waals surface area (Å²) in [7, 11) is 0. The number of halogens is 5. The van der Waals surface area contributed by atoms with E-state index in [1.54, 1.807) is 0 Å². The van der Waals surface area contributed by atoms with Crippen LogP contribution in [-0.4, -0.2) is 0 Å². The van der Waals surface area contributed by atoms with Crippen molar-refractivity contribution in [3.05, 3.63) is 67.8 Å². The van der Waals surface area contributed by atoms with Crippen molar-refractivity contribution in [1.82, 2.24) is 0 Å². The Hall–Kier alpha value is -0.390. The molecule has 2 aromatic carbocycles. The minimum absolute atomic E-state index is 0.118. The minimum atomic E-state index is -0.977. The summed E-state index contributed by atoms with van der Waals surface area (Å²) in [5, 5.41) is -0.489. The second kappa shape index (κ2) is 5.72. The van der Waals surface area contributed by atoms with Gasteiger partial charge < -0.3 is 0 Å². The Morgan fingerprint density at radius 1 is 1.00 bits per heavy atom. The summed E-state index contributed by atoms with van der Waals surface area (Å²) in [5.41, 5.74) is 1.14. The zero-order valence-electron chi connectivity index (χ0n) is 8.93. The molecule has 1 atom stereocenters. The van der Waals surface area contributed by atoms with Crippen molar-refractivity contribution in [2.75, 3.05) is 0 Å². The molecule has 0 aliphatic carbocycles. The van der Waals surface area contributed by atoms with Gasteiger partial charge in [0.25, 0.3) is 0 Å². The van der Waals surface area contributed by atoms with Gasteiger partial charge in [0.2, 0.25) is 0 Å². The van der Waals surface area contributed by atoms with Gasteiger partial charge in [0, 0.05) is 8.59 Å². The van der Waals surface area contributed by atoms with Crippen LogP contribution in [0.15, 0.2) is 36.4 Å². The summed E-state index contributed by atoms with van der Waals surface area (Å²) in [4.78, 5) is 0. The topological polar surface area (TPSA) is 0 Å². The summed E-state index contributed by atoms with van der Waals surface area (Å²) in [6.45, 7) is 0. The quantitative estimate of drug-likeness (QED) is 0.353. The molecule has 0 aliphatic heterocycles. The molecule has 0 nitrogen and oxygen atoms in total. The zero-order valence-corrected chi connectivity index (χ0v) is 12.6. The molecule has 18 heavy (non-hydrogen) atoms. The van der Waals surface area contributed by atoms with Crippen molar-refractivity contribution in [2.45, 2.75) is 5.38 Å². The van der Waals surface area contributed by atoms with Crippen LogP contribution in [0.3, 0.4) is 0 Å². The van der Waals surface area contributed by atoms with Crippen LogP contribution in [0.25, 0.3) is 0 Å². The lowest BCUT2D eigenvalue weighted by molar-refractivity contribution is 0.507. The molecule has 0 bridgehead atoms. The van der Waals surface area contributed by atoms with Crippen LogP contribution in [-0.2, 0) is 0 Å². The first kappa shape index (κ1) is 14.0. The first-order valence-corrected chi connectivity index (χ1v) is 6.92. The predicted octanol–water partition coefficient (Wildman–Crippen LogP) is 5.55. The summed E-state index contributed by atoms with van der Waals surface area (Å²) < 4.78 is 27.2. The van der Waals surface area contributed by atoms with Gasteiger partial charge in [-0.3, -0.25) is 0 Å². The van der Waals surface area contributed by atoms with E-state index in [1.807, 2.05) is 24.3 Å². The zero-order chi connectivity index (χ0) is 13.3. The van der Waals surface area contributed by atoms with Gasteiger partial charge in [-0.05, 0) is 58.0 Å². The number of hydrogen-bond donors (Lipinski definition) is 0. The third-order valence-electron chi connectivity index (χ3n) is 2.48. The van der Waals surface area contributed by atoms with Crippen LogP contribution in [0, 0.1) is 15.2 Å². The molecule has 0 saturated heterocycles. The van der Waals surface area contributed by atoms with Crippen molar-refractivity contribution in [3.63, 3.8) is 0 Å². The van der Waals surface area contributed by atoms with E-state index in [9.17, 15) is 8.78 Å². The first-order valence-electron chi connectivity index (χ1n) is 5.03. The molecule has 0 heterocycles. The fourth-order valence-electron chi connectivity index (χ4n) is 1.54. The minimum Gasteiger partial charge on any atom is -0.204 e. The highest BCUT2D eigenvalue weighted by atomic mass is 127. The molecular formula is C13H7Cl2F2I. The third kappa shape index (κ3) is 2.95. The van der Waals surface area contributed by atoms with Gasteiger partial charge in [-0.25, -0.2) is 8.78 Å². The number of benzene rings is 2. The van der Waals surface area contributed by atoms with E-state index in [0.29, 0.717) is 5.56 Å². The van der Waals surface area contributed by atoms with Crippen LogP contribution >= 0.6 is 45.8 Å². The molecule has 94 valence electrons. The van der Waals surface area contributed by atoms with Crippen LogP contribution in [0.5, 0.6) is 0 Å². The maximum atomic E-state index is 13.2. The molecule has 0 fully saturated rings. The Morgan fingerprint density at radius 2 is 1.56 bits per heavy atom. The van der Waals surface area contributed by atoms with Gasteiger partial charge in [-0.2, -0.15) is 0 Å². The molecule has 0 aromatic heterocycles. The van der Waals surface area contributed by atoms with E-state index in [2.05, 4.69) is 22.6 Å². The first-order chi connectivity index (χ1) is 8.49. The highest BCUT2D eigenvalue weighted by molar-refractivity contribution is 14.1. The normalized spacial score (nSPS) is 12.5. The number of alkyl halides is 1. The Kier molecular flexibility index (Phi) is 4.45. The third-order valence-corrected chi connectivity index (χ3v) is 4.01. The van der Waals surface area contributed by atoms with E-state index < -0.39 is 17.0 Å². The molecule has 0 aliphatic rings. The van der Waals surface area contributed by atoms with Crippen molar-refractivity contribution < 1.29 is 8.78 Å². The molecule has 0 N–H and O–H groups in total. The van der Waals surface area contributed by atoms with E-state index in [1.165, 1.54) is 0 Å². The fourth-order valence-corrected chi connectivity index (χ4v) is 2.54. The Balaban J connectivity index is 2.42. The molecule has 2 rings (SSSR count). The van der Waals surface area contributed by atoms with Crippen LogP contribution in [0.4, 0.5) is 8.78 Å². The van der Waals surface area contributed by atoms with Crippen molar-refractivity contribution in [3.8, 4) is 0 Å². The Morgan fingerprint density at radius 3 is 2.17 bits per heavy atom. The Labute approximate surface area is 127 Å². The summed E-state index contributed by atoms with van der Waals surface area (Å²) >= 11 is 14.3. The monoisotopic (exact) mass is 398 g/mol. The lowest BCUT2D eigenvalue weighted by Gasteiger charge is -2.12. The van der Waals surface area contributed by atoms with Crippen LogP contribution in [0.1, 0.15) is 16.5 Å². The molecule has 0 radical (unpaired) electrons. The molecule has 0 amide bonds. The molecular weight excluding hydrogens is 392 g/mol. The van der Waals surface area contributed by atoms with Crippen LogP contribution < -0.4 is 0 Å². The highest BCUT2D eigenvalue weighted by Crippen LogP contribution is 2.34. The van der Waals surface area contributed by atoms with Gasteiger partial charge in [0.15, 0.2) is 11.6 Å². The molecule has 0 spiro atoms. The van der Waals surface area contributed by atoms with Gasteiger partial charge in [0.05, 0.1) is 5.38 Å². The summed E-state index contributed by atoms with van der Waals surface area (Å²) in [6, 6.07) is 9.41. The Bertz CT molecular complexity index is 570. The standard InChI is InChI=1S/C13H7Cl2F2I/c14-10-6-12(17)11(16)5-9(10)13(15)7-1-3-8(18)4-2-7/h1-6,13H. The maximum Gasteiger partial charge on any atom is 0.160 e. The second-order valence-corrected chi connectivity index (χ2v) is 5.79. The lowest BCUT2D eigenvalue weighted by Crippen LogP contribution is -1.97. The number of hydrogen-bond acceptors (Lipinski definition) is 0. The summed E-state index contributed by atoms with van der Waals surface area (Å²) in [5.74, 6) is -1.93. The molecule has 5 heteroatoms. The van der Waals surface area contributed by atoms with Crippen molar-refractivity contribution >= 4 is 45.8 Å². The van der Waals surface area contributed by atoms with E-state index in [4.69, 9.17) is 23.2 Å². The molecule has 2 aromatic rings. The van der Waals surface area contributed by atoms with Gasteiger partial charge in [-0.15, -0.1) is 11.6 Å². The van der Waals surface area contributed by atoms with Crippen LogP contribution in [0.2, 0.25) is 5.02 Å². The van der Waals surface area contributed by atoms with E-state index >= 15 is 0 Å². The second-order valence-electron chi connectivity index (χ2n) is 3.70. The lowest BCUT2D eigenvalue weighted by atomic mass is 10.0. The largest absolute Gasteiger partial charge is 0.204 e. The van der Waals surface area contributed by atoms with Crippen molar-refractivity contribution in [1.29, 1.82) is 0 Å². The van der Waals surface area contributed by atoms with Gasteiger partial charge in [-0.1, -0.05) is 23.7 Å². The summed E-state index contributed by atoms with van der Waals surface area (Å²) in [6.07, 6.45) is 0. The highest BCUT2D eigenvalue weighted by Gasteiger charge is 2.17. The maximum absolute atomic E-state index is 13.2. The van der Waals surface area contributed by atoms with Gasteiger partial charge in [0.1, 0.15) is 0 Å². The van der Waals surface area contributed by atoms with Crippen molar-refractivity contribution in [2.24, 2.45) is 0 Å². The van der Waals surface area contributed by atoms with E-state index in [-0.39, 0.29) is 5.02 Å². The number of rotatable bonds is 2. The molecule has 1 unspecified atom stereocenters. The average Bonchev–Trinajstić information content (AvgIpc) is 2.34. The van der Waals surface area contributed by atoms with Gasteiger partial charge >= 0.3 is 0 Å².